The molecule has 2 aliphatic heterocycles. The molecule has 0 N–H and O–H groups in total. The van der Waals surface area contributed by atoms with Crippen LogP contribution in [-0.2, 0) is 46.8 Å². The molecular weight excluding hydrogens is 960 g/mol. The summed E-state index contributed by atoms with van der Waals surface area (Å²) >= 11 is 0. The lowest BCUT2D eigenvalue weighted by Gasteiger charge is -2.52. The van der Waals surface area contributed by atoms with Crippen molar-refractivity contribution >= 4 is 14.2 Å². The molecule has 18 atom stereocenters. The van der Waals surface area contributed by atoms with Crippen LogP contribution in [0.1, 0.15) is 283 Å². The first-order valence-corrected chi connectivity index (χ1v) is 33.6. The van der Waals surface area contributed by atoms with Crippen LogP contribution in [0.2, 0.25) is 0 Å². The summed E-state index contributed by atoms with van der Waals surface area (Å²) in [7, 11) is -3.13. The lowest BCUT2D eigenvalue weighted by molar-refractivity contribution is -0.320. The number of rotatable bonds is 43. The van der Waals surface area contributed by atoms with Gasteiger partial charge in [0.15, 0.2) is 12.6 Å². The maximum atomic E-state index is 14.4. The Morgan fingerprint density at radius 1 is 0.427 bits per heavy atom. The highest BCUT2D eigenvalue weighted by Gasteiger charge is 2.53. The Labute approximate surface area is 464 Å². The fraction of sp³-hybridized carbons (Fsp3) is 0.984. The van der Waals surface area contributed by atoms with Crippen molar-refractivity contribution in [3.05, 3.63) is 0 Å². The van der Waals surface area contributed by atoms with E-state index in [1.54, 1.807) is 0 Å². The summed E-state index contributed by atoms with van der Waals surface area (Å²) < 4.78 is 67.3. The monoisotopic (exact) mass is 1080 g/mol. The van der Waals surface area contributed by atoms with Crippen molar-refractivity contribution in [1.29, 1.82) is 0 Å². The summed E-state index contributed by atoms with van der Waals surface area (Å²) in [5, 5.41) is 0. The minimum Gasteiger partial charge on any atom is -0.463 e. The van der Waals surface area contributed by atoms with E-state index in [4.69, 9.17) is 37.5 Å². The standard InChI is InChI=1S/C64H123O10P/c1-14-18-20-22-24-26-28-30-32-34-36-38-40-42-44-67-56(45-68-59(65)43-41-39-37-35-33-31-29-27-25-23-21-19-15-2)46-69-75(66)74-62-60(72-63-54(12)47(5)50(8)57(16-3)70-63)52(10)49(7)53(11)61(62)73-64-55(13)48(6)51(9)58(17-4)71-64/h47-58,60-64,75H,14-46H2,1-13H3/t47-,48?,49+,50-,51-,52?,53-,54?,55+,56+,57?,58?,60?,61?,62+,63+,64+/m0/s1. The van der Waals surface area contributed by atoms with Gasteiger partial charge in [0.1, 0.15) is 18.8 Å². The highest BCUT2D eigenvalue weighted by atomic mass is 31.1. The minimum atomic E-state index is -3.13. The summed E-state index contributed by atoms with van der Waals surface area (Å²) in [6, 6.07) is 0. The van der Waals surface area contributed by atoms with Gasteiger partial charge in [-0.3, -0.25) is 9.36 Å². The molecule has 0 aromatic heterocycles. The van der Waals surface area contributed by atoms with E-state index in [2.05, 4.69) is 90.0 Å². The normalized spacial score (nSPS) is 32.1. The van der Waals surface area contributed by atoms with E-state index >= 15 is 0 Å². The van der Waals surface area contributed by atoms with Crippen molar-refractivity contribution in [2.45, 2.75) is 332 Å². The highest BCUT2D eigenvalue weighted by Crippen LogP contribution is 2.47. The Bertz CT molecular complexity index is 1380. The van der Waals surface area contributed by atoms with E-state index in [0.29, 0.717) is 36.7 Å². The van der Waals surface area contributed by atoms with Gasteiger partial charge in [-0.05, 0) is 67.1 Å². The summed E-state index contributed by atoms with van der Waals surface area (Å²) in [5.74, 6) is 2.00. The maximum absolute atomic E-state index is 14.4. The van der Waals surface area contributed by atoms with Gasteiger partial charge >= 0.3 is 14.2 Å². The second-order valence-corrected chi connectivity index (χ2v) is 25.8. The second kappa shape index (κ2) is 40.6. The number of carbonyl (C=O) groups excluding carboxylic acids is 1. The summed E-state index contributed by atoms with van der Waals surface area (Å²) in [6.45, 7) is 29.8. The number of ether oxygens (including phenoxy) is 6. The summed E-state index contributed by atoms with van der Waals surface area (Å²) in [4.78, 5) is 13.1. The first kappa shape index (κ1) is 68.7. The van der Waals surface area contributed by atoms with Crippen molar-refractivity contribution in [2.24, 2.45) is 53.3 Å². The van der Waals surface area contributed by atoms with Crippen LogP contribution in [0.3, 0.4) is 0 Å². The third-order valence-electron chi connectivity index (χ3n) is 19.1. The van der Waals surface area contributed by atoms with Crippen LogP contribution in [0, 0.1) is 53.3 Å². The van der Waals surface area contributed by atoms with E-state index in [-0.39, 0.29) is 61.0 Å². The Morgan fingerprint density at radius 2 is 0.787 bits per heavy atom. The molecule has 0 spiro atoms. The molecule has 8 unspecified atom stereocenters. The lowest BCUT2D eigenvalue weighted by atomic mass is 9.69. The van der Waals surface area contributed by atoms with Crippen LogP contribution in [0.4, 0.5) is 0 Å². The summed E-state index contributed by atoms with van der Waals surface area (Å²) in [6.07, 6.45) is 33.6. The van der Waals surface area contributed by atoms with E-state index in [0.717, 1.165) is 44.9 Å². The fourth-order valence-electron chi connectivity index (χ4n) is 12.5. The smallest absolute Gasteiger partial charge is 0.319 e. The molecule has 444 valence electrons. The molecular formula is C64H123O10P. The van der Waals surface area contributed by atoms with Gasteiger partial charge in [0.2, 0.25) is 0 Å². The van der Waals surface area contributed by atoms with Crippen LogP contribution in [0.5, 0.6) is 0 Å². The zero-order valence-electron chi connectivity index (χ0n) is 51.2. The third kappa shape index (κ3) is 25.4. The van der Waals surface area contributed by atoms with Crippen molar-refractivity contribution in [1.82, 2.24) is 0 Å². The molecule has 10 nitrogen and oxygen atoms in total. The molecule has 11 heteroatoms. The van der Waals surface area contributed by atoms with E-state index in [1.165, 1.54) is 141 Å². The Morgan fingerprint density at radius 3 is 1.17 bits per heavy atom. The SMILES string of the molecule is CCCCCCCCCCCCCCCCO[C@H](COC(=O)CCCCCCCCCCCCCCC)CO[PH](=O)O[C@@H]1C(O[C@H]2OC(CC)[C@@H](C)[C@H](C)C2C)C(C)[C@@H](C)[C@H](C)C1O[C@H]1OC(CC)[C@@H](C)C(C)[C@H]1C. The zero-order chi connectivity index (χ0) is 55.0. The predicted molar refractivity (Wildman–Crippen MR) is 311 cm³/mol. The van der Waals surface area contributed by atoms with Gasteiger partial charge in [-0.15, -0.1) is 0 Å². The number of hydrogen-bond acceptors (Lipinski definition) is 10. The van der Waals surface area contributed by atoms with Crippen LogP contribution in [0.25, 0.3) is 0 Å². The number of unbranched alkanes of at least 4 members (excludes halogenated alkanes) is 25. The molecule has 3 aliphatic rings. The van der Waals surface area contributed by atoms with Crippen LogP contribution < -0.4 is 0 Å². The van der Waals surface area contributed by atoms with Crippen molar-refractivity contribution in [3.63, 3.8) is 0 Å². The second-order valence-electron chi connectivity index (χ2n) is 24.7. The molecule has 0 bridgehead atoms. The van der Waals surface area contributed by atoms with Gasteiger partial charge in [-0.2, -0.15) is 0 Å². The van der Waals surface area contributed by atoms with Gasteiger partial charge in [0.05, 0.1) is 31.0 Å². The molecule has 1 aliphatic carbocycles. The average Bonchev–Trinajstić information content (AvgIpc) is 3.40. The van der Waals surface area contributed by atoms with Gasteiger partial charge in [0, 0.05) is 24.9 Å². The first-order valence-electron chi connectivity index (χ1n) is 32.4. The molecule has 75 heavy (non-hydrogen) atoms. The molecule has 3 rings (SSSR count). The van der Waals surface area contributed by atoms with E-state index in [9.17, 15) is 9.36 Å². The first-order chi connectivity index (χ1) is 36.2. The number of esters is 1. The van der Waals surface area contributed by atoms with Crippen LogP contribution >= 0.6 is 8.25 Å². The Hall–Kier alpha value is -0.580. The van der Waals surface area contributed by atoms with Crippen LogP contribution in [0.15, 0.2) is 0 Å². The topological polar surface area (TPSA) is 108 Å². The van der Waals surface area contributed by atoms with Crippen molar-refractivity contribution in [2.75, 3.05) is 19.8 Å². The van der Waals surface area contributed by atoms with Gasteiger partial charge in [-0.1, -0.05) is 251 Å². The van der Waals surface area contributed by atoms with Crippen LogP contribution in [-0.4, -0.2) is 75.0 Å². The fourth-order valence-corrected chi connectivity index (χ4v) is 13.4. The highest BCUT2D eigenvalue weighted by molar-refractivity contribution is 7.33. The zero-order valence-corrected chi connectivity index (χ0v) is 52.2. The predicted octanol–water partition coefficient (Wildman–Crippen LogP) is 18.4. The number of carbonyl (C=O) groups is 1. The van der Waals surface area contributed by atoms with E-state index < -0.39 is 45.3 Å². The van der Waals surface area contributed by atoms with Gasteiger partial charge in [-0.25, -0.2) is 0 Å². The molecule has 0 radical (unpaired) electrons. The third-order valence-corrected chi connectivity index (χ3v) is 19.9. The van der Waals surface area contributed by atoms with Gasteiger partial charge < -0.3 is 37.5 Å². The summed E-state index contributed by atoms with van der Waals surface area (Å²) in [5.41, 5.74) is 0. The largest absolute Gasteiger partial charge is 0.463 e. The molecule has 1 saturated carbocycles. The van der Waals surface area contributed by atoms with Crippen molar-refractivity contribution in [3.8, 4) is 0 Å². The van der Waals surface area contributed by atoms with Crippen molar-refractivity contribution < 1.29 is 46.8 Å². The molecule has 0 amide bonds. The molecule has 0 aromatic rings. The maximum Gasteiger partial charge on any atom is 0.319 e. The molecule has 3 fully saturated rings. The number of hydrogen-bond donors (Lipinski definition) is 0. The Balaban J connectivity index is 1.65. The lowest BCUT2D eigenvalue weighted by Crippen LogP contribution is -2.60. The minimum absolute atomic E-state index is 0.0135. The van der Waals surface area contributed by atoms with E-state index in [1.807, 2.05) is 0 Å². The molecule has 2 heterocycles. The quantitative estimate of drug-likeness (QED) is 0.0333. The average molecular weight is 1080 g/mol. The van der Waals surface area contributed by atoms with Gasteiger partial charge in [0.25, 0.3) is 0 Å². The Kier molecular flexibility index (Phi) is 37.2. The molecule has 2 saturated heterocycles. The molecule has 0 aromatic carbocycles.